The van der Waals surface area contributed by atoms with Crippen LogP contribution in [0.3, 0.4) is 0 Å². The molecule has 0 rings (SSSR count). The summed E-state index contributed by atoms with van der Waals surface area (Å²) in [5, 5.41) is 14.6. The molecule has 2 atom stereocenters. The van der Waals surface area contributed by atoms with Crippen LogP contribution in [0.4, 0.5) is 4.79 Å². The quantitative estimate of drug-likeness (QED) is 0.627. The van der Waals surface area contributed by atoms with Crippen molar-refractivity contribution in [3.05, 3.63) is 12.7 Å². The minimum atomic E-state index is -0.268. The molecular formula is C12H24N2O2. The number of rotatable bonds is 5. The Bertz CT molecular complexity index is 234. The lowest BCUT2D eigenvalue weighted by Crippen LogP contribution is -2.47. The van der Waals surface area contributed by atoms with Crippen molar-refractivity contribution in [3.8, 4) is 0 Å². The first-order chi connectivity index (χ1) is 7.28. The van der Waals surface area contributed by atoms with Gasteiger partial charge in [-0.3, -0.25) is 0 Å². The van der Waals surface area contributed by atoms with Crippen LogP contribution >= 0.6 is 0 Å². The summed E-state index contributed by atoms with van der Waals surface area (Å²) < 4.78 is 0. The third-order valence-corrected chi connectivity index (χ3v) is 2.13. The molecule has 0 heterocycles. The van der Waals surface area contributed by atoms with Gasteiger partial charge in [0.2, 0.25) is 0 Å². The number of amides is 2. The first-order valence-corrected chi connectivity index (χ1v) is 5.59. The molecule has 3 N–H and O–H groups in total. The lowest BCUT2D eigenvalue weighted by atomic mass is 9.88. The van der Waals surface area contributed by atoms with E-state index >= 15 is 0 Å². The minimum Gasteiger partial charge on any atom is -0.394 e. The fourth-order valence-electron chi connectivity index (χ4n) is 1.39. The Morgan fingerprint density at radius 3 is 2.38 bits per heavy atom. The molecule has 0 aliphatic heterocycles. The number of hydrogen-bond donors (Lipinski definition) is 3. The summed E-state index contributed by atoms with van der Waals surface area (Å²) in [4.78, 5) is 11.5. The van der Waals surface area contributed by atoms with Gasteiger partial charge in [0.1, 0.15) is 0 Å². The van der Waals surface area contributed by atoms with Crippen LogP contribution in [0.2, 0.25) is 0 Å². The van der Waals surface area contributed by atoms with Crippen molar-refractivity contribution in [1.82, 2.24) is 10.6 Å². The van der Waals surface area contributed by atoms with Crippen LogP contribution in [0.25, 0.3) is 0 Å². The standard InChI is InChI=1S/C12H24N2O2/c1-6-9(2)13-11(16)14-10(8-15)7-12(3,4)5/h6,9-10,15H,1,7-8H2,2-5H3,(H2,13,14,16). The van der Waals surface area contributed by atoms with E-state index in [-0.39, 0.29) is 30.1 Å². The number of aliphatic hydroxyl groups excluding tert-OH is 1. The normalized spacial score (nSPS) is 15.1. The van der Waals surface area contributed by atoms with E-state index in [0.717, 1.165) is 6.42 Å². The number of carbonyl (C=O) groups excluding carboxylic acids is 1. The summed E-state index contributed by atoms with van der Waals surface area (Å²) in [7, 11) is 0. The average molecular weight is 228 g/mol. The molecule has 2 amide bonds. The highest BCUT2D eigenvalue weighted by Gasteiger charge is 2.19. The highest BCUT2D eigenvalue weighted by Crippen LogP contribution is 2.20. The van der Waals surface area contributed by atoms with Crippen LogP contribution in [0.5, 0.6) is 0 Å². The Morgan fingerprint density at radius 2 is 2.00 bits per heavy atom. The minimum absolute atomic E-state index is 0.0485. The second kappa shape index (κ2) is 6.53. The number of nitrogens with one attached hydrogen (secondary N) is 2. The van der Waals surface area contributed by atoms with E-state index in [4.69, 9.17) is 5.11 Å². The number of urea groups is 1. The first-order valence-electron chi connectivity index (χ1n) is 5.59. The van der Waals surface area contributed by atoms with E-state index in [1.54, 1.807) is 6.08 Å². The fourth-order valence-corrected chi connectivity index (χ4v) is 1.39. The zero-order valence-corrected chi connectivity index (χ0v) is 10.7. The third-order valence-electron chi connectivity index (χ3n) is 2.13. The molecule has 16 heavy (non-hydrogen) atoms. The zero-order valence-electron chi connectivity index (χ0n) is 10.7. The molecule has 0 aromatic rings. The predicted molar refractivity (Wildman–Crippen MR) is 66.3 cm³/mol. The molecule has 0 saturated carbocycles. The summed E-state index contributed by atoms with van der Waals surface area (Å²) in [5.41, 5.74) is 0.0741. The molecule has 0 radical (unpaired) electrons. The van der Waals surface area contributed by atoms with Crippen molar-refractivity contribution >= 4 is 6.03 Å². The molecule has 0 bridgehead atoms. The van der Waals surface area contributed by atoms with Gasteiger partial charge in [0.25, 0.3) is 0 Å². The Morgan fingerprint density at radius 1 is 1.44 bits per heavy atom. The second-order valence-corrected chi connectivity index (χ2v) is 5.29. The maximum Gasteiger partial charge on any atom is 0.315 e. The zero-order chi connectivity index (χ0) is 12.8. The van der Waals surface area contributed by atoms with E-state index in [1.807, 2.05) is 6.92 Å². The monoisotopic (exact) mass is 228 g/mol. The van der Waals surface area contributed by atoms with Crippen LogP contribution in [-0.4, -0.2) is 29.8 Å². The van der Waals surface area contributed by atoms with Crippen LogP contribution in [0.15, 0.2) is 12.7 Å². The van der Waals surface area contributed by atoms with Crippen molar-refractivity contribution < 1.29 is 9.90 Å². The van der Waals surface area contributed by atoms with E-state index in [1.165, 1.54) is 0 Å². The van der Waals surface area contributed by atoms with Crippen LogP contribution in [-0.2, 0) is 0 Å². The van der Waals surface area contributed by atoms with Crippen molar-refractivity contribution in [2.75, 3.05) is 6.61 Å². The topological polar surface area (TPSA) is 61.4 Å². The SMILES string of the molecule is C=CC(C)NC(=O)NC(CO)CC(C)(C)C. The summed E-state index contributed by atoms with van der Waals surface area (Å²) >= 11 is 0. The van der Waals surface area contributed by atoms with Gasteiger partial charge in [-0.15, -0.1) is 6.58 Å². The number of carbonyl (C=O) groups is 1. The van der Waals surface area contributed by atoms with Crippen molar-refractivity contribution in [2.24, 2.45) is 5.41 Å². The van der Waals surface area contributed by atoms with E-state index < -0.39 is 0 Å². The summed E-state index contributed by atoms with van der Waals surface area (Å²) in [5.74, 6) is 0. The van der Waals surface area contributed by atoms with E-state index in [9.17, 15) is 4.79 Å². The van der Waals surface area contributed by atoms with Crippen LogP contribution in [0, 0.1) is 5.41 Å². The molecule has 0 aliphatic rings. The molecule has 94 valence electrons. The molecule has 0 spiro atoms. The smallest absolute Gasteiger partial charge is 0.315 e. The molecule has 0 aromatic heterocycles. The van der Waals surface area contributed by atoms with Crippen LogP contribution < -0.4 is 10.6 Å². The average Bonchev–Trinajstić information content (AvgIpc) is 2.14. The van der Waals surface area contributed by atoms with Gasteiger partial charge >= 0.3 is 6.03 Å². The Kier molecular flexibility index (Phi) is 6.11. The largest absolute Gasteiger partial charge is 0.394 e. The third kappa shape index (κ3) is 7.29. The van der Waals surface area contributed by atoms with E-state index in [0.29, 0.717) is 0 Å². The van der Waals surface area contributed by atoms with Gasteiger partial charge in [-0.2, -0.15) is 0 Å². The molecular weight excluding hydrogens is 204 g/mol. The maximum atomic E-state index is 11.5. The molecule has 0 fully saturated rings. The lowest BCUT2D eigenvalue weighted by molar-refractivity contribution is 0.190. The number of aliphatic hydroxyl groups is 1. The second-order valence-electron chi connectivity index (χ2n) is 5.29. The van der Waals surface area contributed by atoms with Gasteiger partial charge in [0, 0.05) is 6.04 Å². The summed E-state index contributed by atoms with van der Waals surface area (Å²) in [6, 6.07) is -0.554. The Hall–Kier alpha value is -1.03. The predicted octanol–water partition coefficient (Wildman–Crippen LogP) is 1.66. The van der Waals surface area contributed by atoms with Crippen molar-refractivity contribution in [2.45, 2.75) is 46.2 Å². The highest BCUT2D eigenvalue weighted by molar-refractivity contribution is 5.74. The molecule has 0 aromatic carbocycles. The Balaban J connectivity index is 4.12. The van der Waals surface area contributed by atoms with Gasteiger partial charge in [-0.25, -0.2) is 4.79 Å². The lowest BCUT2D eigenvalue weighted by Gasteiger charge is -2.25. The van der Waals surface area contributed by atoms with Gasteiger partial charge in [-0.05, 0) is 18.8 Å². The van der Waals surface area contributed by atoms with Gasteiger partial charge in [-0.1, -0.05) is 26.8 Å². The van der Waals surface area contributed by atoms with Gasteiger partial charge in [0.15, 0.2) is 0 Å². The Labute approximate surface area is 98.1 Å². The molecule has 0 saturated heterocycles. The highest BCUT2D eigenvalue weighted by atomic mass is 16.3. The van der Waals surface area contributed by atoms with Crippen molar-refractivity contribution in [1.29, 1.82) is 0 Å². The molecule has 4 heteroatoms. The summed E-state index contributed by atoms with van der Waals surface area (Å²) in [6.07, 6.45) is 2.39. The summed E-state index contributed by atoms with van der Waals surface area (Å²) in [6.45, 7) is 11.6. The first kappa shape index (κ1) is 15.0. The molecule has 0 aliphatic carbocycles. The fraction of sp³-hybridized carbons (Fsp3) is 0.750. The van der Waals surface area contributed by atoms with Gasteiger partial charge < -0.3 is 15.7 Å². The van der Waals surface area contributed by atoms with Crippen LogP contribution in [0.1, 0.15) is 34.1 Å². The van der Waals surface area contributed by atoms with Crippen molar-refractivity contribution in [3.63, 3.8) is 0 Å². The molecule has 4 nitrogen and oxygen atoms in total. The number of hydrogen-bond acceptors (Lipinski definition) is 2. The molecule has 2 unspecified atom stereocenters. The van der Waals surface area contributed by atoms with E-state index in [2.05, 4.69) is 38.0 Å². The maximum absolute atomic E-state index is 11.5. The van der Waals surface area contributed by atoms with Gasteiger partial charge in [0.05, 0.1) is 12.6 Å².